The number of hydrogen-bond acceptors (Lipinski definition) is 3. The SMILES string of the molecule is Cc1ccc(NC(=O)NCC2(O)CCSC2)cc1Br. The van der Waals surface area contributed by atoms with E-state index in [-0.39, 0.29) is 6.03 Å². The van der Waals surface area contributed by atoms with Gasteiger partial charge in [-0.1, -0.05) is 22.0 Å². The first-order chi connectivity index (χ1) is 8.98. The summed E-state index contributed by atoms with van der Waals surface area (Å²) in [6.07, 6.45) is 0.730. The Morgan fingerprint density at radius 1 is 1.58 bits per heavy atom. The Hall–Kier alpha value is -0.720. The summed E-state index contributed by atoms with van der Waals surface area (Å²) in [4.78, 5) is 11.8. The maximum Gasteiger partial charge on any atom is 0.319 e. The molecule has 3 N–H and O–H groups in total. The lowest BCUT2D eigenvalue weighted by molar-refractivity contribution is 0.0706. The van der Waals surface area contributed by atoms with Gasteiger partial charge in [0.1, 0.15) is 0 Å². The number of anilines is 1. The minimum absolute atomic E-state index is 0.291. The lowest BCUT2D eigenvalue weighted by atomic mass is 10.0. The quantitative estimate of drug-likeness (QED) is 0.789. The fourth-order valence-electron chi connectivity index (χ4n) is 1.83. The molecule has 1 heterocycles. The lowest BCUT2D eigenvalue weighted by Gasteiger charge is -2.21. The van der Waals surface area contributed by atoms with Crippen LogP contribution in [0.1, 0.15) is 12.0 Å². The van der Waals surface area contributed by atoms with Crippen molar-refractivity contribution in [3.8, 4) is 0 Å². The van der Waals surface area contributed by atoms with Gasteiger partial charge in [-0.15, -0.1) is 0 Å². The highest BCUT2D eigenvalue weighted by Crippen LogP contribution is 2.27. The number of nitrogens with one attached hydrogen (secondary N) is 2. The molecule has 0 aliphatic carbocycles. The van der Waals surface area contributed by atoms with Crippen LogP contribution in [0.15, 0.2) is 22.7 Å². The molecule has 1 aromatic rings. The number of carbonyl (C=O) groups excluding carboxylic acids is 1. The molecule has 0 spiro atoms. The predicted molar refractivity (Wildman–Crippen MR) is 82.8 cm³/mol. The summed E-state index contributed by atoms with van der Waals surface area (Å²) in [6, 6.07) is 5.34. The molecule has 1 aromatic carbocycles. The Labute approximate surface area is 125 Å². The number of hydrogen-bond donors (Lipinski definition) is 3. The molecule has 0 bridgehead atoms. The van der Waals surface area contributed by atoms with Crippen LogP contribution >= 0.6 is 27.7 Å². The fourth-order valence-corrected chi connectivity index (χ4v) is 3.50. The Morgan fingerprint density at radius 3 is 3.00 bits per heavy atom. The van der Waals surface area contributed by atoms with Crippen LogP contribution in [0.3, 0.4) is 0 Å². The van der Waals surface area contributed by atoms with Crippen LogP contribution in [0.25, 0.3) is 0 Å². The number of rotatable bonds is 3. The van der Waals surface area contributed by atoms with Crippen LogP contribution < -0.4 is 10.6 Å². The number of amides is 2. The second-order valence-electron chi connectivity index (χ2n) is 4.80. The number of halogens is 1. The lowest BCUT2D eigenvalue weighted by Crippen LogP contribution is -2.44. The third-order valence-electron chi connectivity index (χ3n) is 3.09. The topological polar surface area (TPSA) is 61.4 Å². The second-order valence-corrected chi connectivity index (χ2v) is 6.76. The van der Waals surface area contributed by atoms with Gasteiger partial charge < -0.3 is 15.7 Å². The highest BCUT2D eigenvalue weighted by atomic mass is 79.9. The van der Waals surface area contributed by atoms with Gasteiger partial charge in [0.25, 0.3) is 0 Å². The van der Waals surface area contributed by atoms with Gasteiger partial charge in [0.2, 0.25) is 0 Å². The third kappa shape index (κ3) is 4.12. The largest absolute Gasteiger partial charge is 0.387 e. The summed E-state index contributed by atoms with van der Waals surface area (Å²) in [5.74, 6) is 1.63. The van der Waals surface area contributed by atoms with Gasteiger partial charge >= 0.3 is 6.03 Å². The molecule has 104 valence electrons. The van der Waals surface area contributed by atoms with Crippen LogP contribution in [0.4, 0.5) is 10.5 Å². The van der Waals surface area contributed by atoms with Crippen LogP contribution in [0.5, 0.6) is 0 Å². The number of aryl methyl sites for hydroxylation is 1. The zero-order valence-electron chi connectivity index (χ0n) is 10.7. The second kappa shape index (κ2) is 6.15. The van der Waals surface area contributed by atoms with Crippen LogP contribution in [-0.2, 0) is 0 Å². The van der Waals surface area contributed by atoms with Gasteiger partial charge in [-0.2, -0.15) is 11.8 Å². The van der Waals surface area contributed by atoms with Crippen molar-refractivity contribution in [2.45, 2.75) is 18.9 Å². The van der Waals surface area contributed by atoms with Gasteiger partial charge in [0, 0.05) is 22.5 Å². The van der Waals surface area contributed by atoms with Crippen LogP contribution in [-0.4, -0.2) is 34.8 Å². The van der Waals surface area contributed by atoms with Crippen molar-refractivity contribution < 1.29 is 9.90 Å². The number of benzene rings is 1. The van der Waals surface area contributed by atoms with Crippen molar-refractivity contribution in [1.82, 2.24) is 5.32 Å². The van der Waals surface area contributed by atoms with E-state index >= 15 is 0 Å². The molecule has 19 heavy (non-hydrogen) atoms. The molecule has 0 radical (unpaired) electrons. The molecular formula is C13H17BrN2O2S. The molecule has 1 fully saturated rings. The van der Waals surface area contributed by atoms with Crippen molar-refractivity contribution >= 4 is 39.4 Å². The smallest absolute Gasteiger partial charge is 0.319 e. The van der Waals surface area contributed by atoms with Gasteiger partial charge in [0.15, 0.2) is 0 Å². The molecule has 2 rings (SSSR count). The summed E-state index contributed by atoms with van der Waals surface area (Å²) < 4.78 is 0.955. The average molecular weight is 345 g/mol. The zero-order chi connectivity index (χ0) is 13.9. The molecule has 0 aromatic heterocycles. The Kier molecular flexibility index (Phi) is 4.76. The Balaban J connectivity index is 1.85. The van der Waals surface area contributed by atoms with E-state index in [0.29, 0.717) is 12.3 Å². The van der Waals surface area contributed by atoms with Crippen molar-refractivity contribution in [2.75, 3.05) is 23.4 Å². The first kappa shape index (κ1) is 14.7. The van der Waals surface area contributed by atoms with E-state index in [0.717, 1.165) is 27.9 Å². The number of carbonyl (C=O) groups is 1. The average Bonchev–Trinajstić information content (AvgIpc) is 2.79. The normalized spacial score (nSPS) is 22.3. The Bertz CT molecular complexity index is 476. The summed E-state index contributed by atoms with van der Waals surface area (Å²) >= 11 is 5.14. The maximum atomic E-state index is 11.8. The van der Waals surface area contributed by atoms with Crippen molar-refractivity contribution in [3.63, 3.8) is 0 Å². The van der Waals surface area contributed by atoms with Crippen LogP contribution in [0, 0.1) is 6.92 Å². The van der Waals surface area contributed by atoms with Crippen LogP contribution in [0.2, 0.25) is 0 Å². The highest BCUT2D eigenvalue weighted by Gasteiger charge is 2.31. The minimum Gasteiger partial charge on any atom is -0.387 e. The monoisotopic (exact) mass is 344 g/mol. The van der Waals surface area contributed by atoms with Gasteiger partial charge in [0.05, 0.1) is 5.60 Å². The van der Waals surface area contributed by atoms with E-state index in [9.17, 15) is 9.90 Å². The Morgan fingerprint density at radius 2 is 2.37 bits per heavy atom. The van der Waals surface area contributed by atoms with E-state index in [1.807, 2.05) is 25.1 Å². The molecule has 0 saturated carbocycles. The zero-order valence-corrected chi connectivity index (χ0v) is 13.1. The van der Waals surface area contributed by atoms with E-state index in [1.54, 1.807) is 11.8 Å². The summed E-state index contributed by atoms with van der Waals surface area (Å²) in [5.41, 5.74) is 1.08. The molecule has 1 atom stereocenters. The van der Waals surface area contributed by atoms with E-state index in [1.165, 1.54) is 0 Å². The molecular weight excluding hydrogens is 328 g/mol. The third-order valence-corrected chi connectivity index (χ3v) is 5.18. The molecule has 1 unspecified atom stereocenters. The number of thioether (sulfide) groups is 1. The maximum absolute atomic E-state index is 11.8. The van der Waals surface area contributed by atoms with E-state index in [2.05, 4.69) is 26.6 Å². The number of aliphatic hydroxyl groups is 1. The van der Waals surface area contributed by atoms with Gasteiger partial charge in [-0.25, -0.2) is 4.79 Å². The molecule has 2 amide bonds. The van der Waals surface area contributed by atoms with E-state index < -0.39 is 5.60 Å². The molecule has 6 heteroatoms. The molecule has 1 aliphatic heterocycles. The van der Waals surface area contributed by atoms with Gasteiger partial charge in [-0.3, -0.25) is 0 Å². The van der Waals surface area contributed by atoms with Crippen molar-refractivity contribution in [1.29, 1.82) is 0 Å². The van der Waals surface area contributed by atoms with Crippen molar-refractivity contribution in [2.24, 2.45) is 0 Å². The van der Waals surface area contributed by atoms with Crippen molar-refractivity contribution in [3.05, 3.63) is 28.2 Å². The fraction of sp³-hybridized carbons (Fsp3) is 0.462. The van der Waals surface area contributed by atoms with Gasteiger partial charge in [-0.05, 0) is 36.8 Å². The molecule has 4 nitrogen and oxygen atoms in total. The summed E-state index contributed by atoms with van der Waals surface area (Å²) in [5, 5.41) is 15.6. The molecule has 1 aliphatic rings. The first-order valence-electron chi connectivity index (χ1n) is 6.10. The standard InChI is InChI=1S/C13H17BrN2O2S/c1-9-2-3-10(6-11(9)14)16-12(17)15-7-13(18)4-5-19-8-13/h2-3,6,18H,4-5,7-8H2,1H3,(H2,15,16,17). The highest BCUT2D eigenvalue weighted by molar-refractivity contribution is 9.10. The first-order valence-corrected chi connectivity index (χ1v) is 8.04. The summed E-state index contributed by atoms with van der Waals surface area (Å²) in [6.45, 7) is 2.28. The summed E-state index contributed by atoms with van der Waals surface area (Å²) in [7, 11) is 0. The predicted octanol–water partition coefficient (Wildman–Crippen LogP) is 2.75. The number of urea groups is 1. The van der Waals surface area contributed by atoms with E-state index in [4.69, 9.17) is 0 Å². The molecule has 1 saturated heterocycles. The minimum atomic E-state index is -0.754.